The monoisotopic (exact) mass is 198 g/mol. The fourth-order valence-corrected chi connectivity index (χ4v) is 2.45. The fourth-order valence-electron chi connectivity index (χ4n) is 2.45. The van der Waals surface area contributed by atoms with E-state index < -0.39 is 5.60 Å². The van der Waals surface area contributed by atoms with Crippen molar-refractivity contribution in [2.24, 2.45) is 5.92 Å². The van der Waals surface area contributed by atoms with Crippen LogP contribution in [0.5, 0.6) is 0 Å². The summed E-state index contributed by atoms with van der Waals surface area (Å²) in [4.78, 5) is 11.6. The summed E-state index contributed by atoms with van der Waals surface area (Å²) in [6.07, 6.45) is 4.30. The number of methoxy groups -OCH3 is 1. The number of hydrogen-bond donors (Lipinski definition) is 0. The van der Waals surface area contributed by atoms with Gasteiger partial charge in [0, 0.05) is 0 Å². The summed E-state index contributed by atoms with van der Waals surface area (Å²) in [5, 5.41) is 0. The molecule has 2 fully saturated rings. The van der Waals surface area contributed by atoms with Crippen molar-refractivity contribution in [2.45, 2.75) is 50.7 Å². The van der Waals surface area contributed by atoms with E-state index in [4.69, 9.17) is 9.47 Å². The number of rotatable bonds is 4. The van der Waals surface area contributed by atoms with Crippen molar-refractivity contribution in [3.63, 3.8) is 0 Å². The van der Waals surface area contributed by atoms with Crippen molar-refractivity contribution in [1.29, 1.82) is 0 Å². The first-order valence-electron chi connectivity index (χ1n) is 5.36. The summed E-state index contributed by atoms with van der Waals surface area (Å²) in [6.45, 7) is 4.01. The highest BCUT2D eigenvalue weighted by Gasteiger charge is 2.72. The van der Waals surface area contributed by atoms with Gasteiger partial charge >= 0.3 is 5.97 Å². The summed E-state index contributed by atoms with van der Waals surface area (Å²) < 4.78 is 10.5. The Kier molecular flexibility index (Phi) is 2.11. The van der Waals surface area contributed by atoms with Gasteiger partial charge in [-0.1, -0.05) is 19.8 Å². The van der Waals surface area contributed by atoms with Crippen LogP contribution < -0.4 is 0 Å². The van der Waals surface area contributed by atoms with Gasteiger partial charge in [-0.05, 0) is 25.7 Å². The molecule has 0 N–H and O–H groups in total. The molecule has 2 atom stereocenters. The number of esters is 1. The molecule has 0 aromatic heterocycles. The van der Waals surface area contributed by atoms with Crippen LogP contribution in [0.1, 0.15) is 39.5 Å². The van der Waals surface area contributed by atoms with E-state index >= 15 is 0 Å². The number of epoxide rings is 1. The maximum atomic E-state index is 11.6. The minimum Gasteiger partial charge on any atom is -0.467 e. The van der Waals surface area contributed by atoms with E-state index in [9.17, 15) is 4.79 Å². The predicted molar refractivity (Wildman–Crippen MR) is 51.9 cm³/mol. The molecule has 0 aromatic rings. The molecule has 1 heterocycles. The van der Waals surface area contributed by atoms with Gasteiger partial charge in [0.15, 0.2) is 5.60 Å². The topological polar surface area (TPSA) is 38.8 Å². The standard InChI is InChI=1S/C11H18O3/c1-4-11(9(12)13-3)10(2,14-11)7-8-5-6-8/h8H,4-7H2,1-3H3. The average molecular weight is 198 g/mol. The Morgan fingerprint density at radius 3 is 2.64 bits per heavy atom. The highest BCUT2D eigenvalue weighted by molar-refractivity contribution is 5.84. The van der Waals surface area contributed by atoms with Crippen molar-refractivity contribution in [2.75, 3.05) is 7.11 Å². The zero-order valence-electron chi connectivity index (χ0n) is 9.13. The molecule has 1 saturated carbocycles. The molecule has 80 valence electrons. The first kappa shape index (κ1) is 9.97. The number of carbonyl (C=O) groups is 1. The van der Waals surface area contributed by atoms with Crippen molar-refractivity contribution in [3.05, 3.63) is 0 Å². The first-order chi connectivity index (χ1) is 6.58. The third kappa shape index (κ3) is 1.26. The van der Waals surface area contributed by atoms with Gasteiger partial charge in [0.05, 0.1) is 7.11 Å². The van der Waals surface area contributed by atoms with E-state index in [-0.39, 0.29) is 11.6 Å². The number of ether oxygens (including phenoxy) is 2. The van der Waals surface area contributed by atoms with E-state index in [0.717, 1.165) is 12.3 Å². The second-order valence-electron chi connectivity index (χ2n) is 4.65. The average Bonchev–Trinajstić information content (AvgIpc) is 3.04. The Morgan fingerprint density at radius 1 is 1.57 bits per heavy atom. The van der Waals surface area contributed by atoms with E-state index in [1.165, 1.54) is 20.0 Å². The fraction of sp³-hybridized carbons (Fsp3) is 0.909. The second kappa shape index (κ2) is 2.96. The highest BCUT2D eigenvalue weighted by atomic mass is 16.7. The van der Waals surface area contributed by atoms with Crippen molar-refractivity contribution >= 4 is 5.97 Å². The lowest BCUT2D eigenvalue weighted by atomic mass is 9.87. The normalized spacial score (nSPS) is 40.8. The Bertz CT molecular complexity index is 259. The molecule has 0 amide bonds. The van der Waals surface area contributed by atoms with Gasteiger partial charge in [0.25, 0.3) is 0 Å². The van der Waals surface area contributed by atoms with E-state index in [0.29, 0.717) is 6.42 Å². The smallest absolute Gasteiger partial charge is 0.341 e. The van der Waals surface area contributed by atoms with Gasteiger partial charge in [-0.3, -0.25) is 0 Å². The Balaban J connectivity index is 2.05. The SMILES string of the molecule is CCC1(C(=O)OC)OC1(C)CC1CC1. The number of hydrogen-bond acceptors (Lipinski definition) is 3. The largest absolute Gasteiger partial charge is 0.467 e. The van der Waals surface area contributed by atoms with Gasteiger partial charge in [0.1, 0.15) is 5.60 Å². The summed E-state index contributed by atoms with van der Waals surface area (Å²) in [5.74, 6) is 0.571. The number of carbonyl (C=O) groups excluding carboxylic acids is 1. The minimum absolute atomic E-state index is 0.205. The predicted octanol–water partition coefficient (Wildman–Crippen LogP) is 1.90. The summed E-state index contributed by atoms with van der Waals surface area (Å²) in [6, 6.07) is 0. The third-order valence-electron chi connectivity index (χ3n) is 3.60. The van der Waals surface area contributed by atoms with Gasteiger partial charge in [-0.2, -0.15) is 0 Å². The maximum Gasteiger partial charge on any atom is 0.341 e. The van der Waals surface area contributed by atoms with Gasteiger partial charge in [-0.15, -0.1) is 0 Å². The van der Waals surface area contributed by atoms with Crippen molar-refractivity contribution in [3.8, 4) is 0 Å². The van der Waals surface area contributed by atoms with Gasteiger partial charge in [-0.25, -0.2) is 4.79 Å². The van der Waals surface area contributed by atoms with Crippen LogP contribution in [0.15, 0.2) is 0 Å². The van der Waals surface area contributed by atoms with Crippen LogP contribution in [0.3, 0.4) is 0 Å². The zero-order chi connectivity index (χ0) is 10.4. The quantitative estimate of drug-likeness (QED) is 0.511. The molecule has 3 nitrogen and oxygen atoms in total. The molecule has 3 heteroatoms. The second-order valence-corrected chi connectivity index (χ2v) is 4.65. The molecule has 2 rings (SSSR count). The molecule has 2 aliphatic rings. The molecule has 0 bridgehead atoms. The molecule has 0 spiro atoms. The summed E-state index contributed by atoms with van der Waals surface area (Å²) in [5.41, 5.74) is -0.889. The summed E-state index contributed by atoms with van der Waals surface area (Å²) >= 11 is 0. The van der Waals surface area contributed by atoms with Crippen LogP contribution >= 0.6 is 0 Å². The zero-order valence-corrected chi connectivity index (χ0v) is 9.13. The lowest BCUT2D eigenvalue weighted by Gasteiger charge is -2.12. The Labute approximate surface area is 84.8 Å². The van der Waals surface area contributed by atoms with E-state index in [1.807, 2.05) is 13.8 Å². The van der Waals surface area contributed by atoms with Crippen LogP contribution in [-0.2, 0) is 14.3 Å². The molecule has 1 aliphatic carbocycles. The maximum absolute atomic E-state index is 11.6. The molecular formula is C11H18O3. The molecule has 0 radical (unpaired) electrons. The first-order valence-corrected chi connectivity index (χ1v) is 5.36. The Morgan fingerprint density at radius 2 is 2.21 bits per heavy atom. The van der Waals surface area contributed by atoms with Gasteiger partial charge in [0.2, 0.25) is 0 Å². The van der Waals surface area contributed by atoms with Crippen molar-refractivity contribution in [1.82, 2.24) is 0 Å². The lowest BCUT2D eigenvalue weighted by molar-refractivity contribution is -0.147. The molecule has 1 aliphatic heterocycles. The summed E-state index contributed by atoms with van der Waals surface area (Å²) in [7, 11) is 1.43. The third-order valence-corrected chi connectivity index (χ3v) is 3.60. The van der Waals surface area contributed by atoms with E-state index in [1.54, 1.807) is 0 Å². The van der Waals surface area contributed by atoms with Crippen LogP contribution in [-0.4, -0.2) is 24.3 Å². The molecule has 1 saturated heterocycles. The van der Waals surface area contributed by atoms with E-state index in [2.05, 4.69) is 0 Å². The minimum atomic E-state index is -0.635. The van der Waals surface area contributed by atoms with Gasteiger partial charge < -0.3 is 9.47 Å². The van der Waals surface area contributed by atoms with Crippen LogP contribution in [0, 0.1) is 5.92 Å². The molecule has 2 unspecified atom stereocenters. The lowest BCUT2D eigenvalue weighted by Crippen LogP contribution is -2.33. The van der Waals surface area contributed by atoms with Crippen molar-refractivity contribution < 1.29 is 14.3 Å². The Hall–Kier alpha value is -0.570. The van der Waals surface area contributed by atoms with Crippen LogP contribution in [0.25, 0.3) is 0 Å². The molecule has 0 aromatic carbocycles. The molecule has 14 heavy (non-hydrogen) atoms. The van der Waals surface area contributed by atoms with Crippen LogP contribution in [0.4, 0.5) is 0 Å². The van der Waals surface area contributed by atoms with Crippen LogP contribution in [0.2, 0.25) is 0 Å². The highest BCUT2D eigenvalue weighted by Crippen LogP contribution is 2.57. The molecular weight excluding hydrogens is 180 g/mol.